The fourth-order valence-corrected chi connectivity index (χ4v) is 2.01. The van der Waals surface area contributed by atoms with Crippen molar-refractivity contribution < 1.29 is 9.53 Å². The molecular formula is C14H19ClO2. The van der Waals surface area contributed by atoms with Gasteiger partial charge < -0.3 is 4.74 Å². The lowest BCUT2D eigenvalue weighted by Gasteiger charge is -2.27. The minimum absolute atomic E-state index is 0.0899. The molecule has 94 valence electrons. The highest BCUT2D eigenvalue weighted by atomic mass is 35.5. The van der Waals surface area contributed by atoms with Crippen molar-refractivity contribution in [3.05, 3.63) is 35.9 Å². The molecule has 0 fully saturated rings. The minimum Gasteiger partial charge on any atom is -0.449 e. The number of hydrogen-bond acceptors (Lipinski definition) is 2. The van der Waals surface area contributed by atoms with Gasteiger partial charge in [-0.25, -0.2) is 0 Å². The van der Waals surface area contributed by atoms with Gasteiger partial charge in [-0.2, -0.15) is 0 Å². The summed E-state index contributed by atoms with van der Waals surface area (Å²) in [6, 6.07) is 9.65. The van der Waals surface area contributed by atoms with Crippen molar-refractivity contribution in [1.82, 2.24) is 0 Å². The summed E-state index contributed by atoms with van der Waals surface area (Å²) in [6.07, 6.45) is 2.82. The van der Waals surface area contributed by atoms with E-state index in [9.17, 15) is 4.79 Å². The van der Waals surface area contributed by atoms with E-state index in [1.54, 1.807) is 0 Å². The zero-order valence-corrected chi connectivity index (χ0v) is 11.2. The summed E-state index contributed by atoms with van der Waals surface area (Å²) < 4.78 is 4.98. The Bertz CT molecular complexity index is 350. The summed E-state index contributed by atoms with van der Waals surface area (Å²) in [5.74, 6) is -0.243. The van der Waals surface area contributed by atoms with E-state index < -0.39 is 5.41 Å². The number of esters is 1. The van der Waals surface area contributed by atoms with Gasteiger partial charge in [0.25, 0.3) is 0 Å². The molecule has 0 N–H and O–H groups in total. The second-order valence-corrected chi connectivity index (χ2v) is 4.56. The van der Waals surface area contributed by atoms with Gasteiger partial charge in [-0.15, -0.1) is 0 Å². The van der Waals surface area contributed by atoms with Crippen LogP contribution >= 0.6 is 11.6 Å². The molecular weight excluding hydrogens is 236 g/mol. The van der Waals surface area contributed by atoms with Crippen LogP contribution in [0.15, 0.2) is 30.3 Å². The van der Waals surface area contributed by atoms with Crippen molar-refractivity contribution in [1.29, 1.82) is 0 Å². The molecule has 0 aliphatic rings. The Balaban J connectivity index is 2.97. The Morgan fingerprint density at radius 2 is 2.00 bits per heavy atom. The highest BCUT2D eigenvalue weighted by Crippen LogP contribution is 2.31. The molecule has 0 aliphatic heterocycles. The van der Waals surface area contributed by atoms with E-state index in [0.29, 0.717) is 0 Å². The zero-order chi connectivity index (χ0) is 12.7. The largest absolute Gasteiger partial charge is 0.449 e. The molecule has 3 heteroatoms. The third-order valence-electron chi connectivity index (χ3n) is 3.08. The van der Waals surface area contributed by atoms with E-state index in [-0.39, 0.29) is 12.0 Å². The van der Waals surface area contributed by atoms with Crippen molar-refractivity contribution in [2.75, 3.05) is 6.07 Å². The smallest absolute Gasteiger partial charge is 0.317 e. The van der Waals surface area contributed by atoms with Gasteiger partial charge >= 0.3 is 5.97 Å². The van der Waals surface area contributed by atoms with Gasteiger partial charge in [0, 0.05) is 0 Å². The standard InChI is InChI=1S/C14H19ClO2/c1-3-4-10-14(2,13(16)17-11-15)12-8-6-5-7-9-12/h5-9H,3-4,10-11H2,1-2H3. The van der Waals surface area contributed by atoms with Crippen LogP contribution in [-0.2, 0) is 14.9 Å². The highest BCUT2D eigenvalue weighted by Gasteiger charge is 2.35. The maximum atomic E-state index is 12.1. The van der Waals surface area contributed by atoms with Gasteiger partial charge in [0.05, 0.1) is 5.41 Å². The molecule has 1 aromatic rings. The van der Waals surface area contributed by atoms with E-state index in [0.717, 1.165) is 24.8 Å². The number of carbonyl (C=O) groups is 1. The second kappa shape index (κ2) is 6.65. The average molecular weight is 255 g/mol. The minimum atomic E-state index is -0.591. The predicted octanol–water partition coefficient (Wildman–Crippen LogP) is 3.87. The summed E-state index contributed by atoms with van der Waals surface area (Å²) >= 11 is 5.48. The van der Waals surface area contributed by atoms with Gasteiger partial charge in [-0.1, -0.05) is 61.7 Å². The lowest BCUT2D eigenvalue weighted by atomic mass is 9.78. The first-order chi connectivity index (χ1) is 8.15. The lowest BCUT2D eigenvalue weighted by molar-refractivity contribution is -0.148. The van der Waals surface area contributed by atoms with Crippen LogP contribution < -0.4 is 0 Å². The fraction of sp³-hybridized carbons (Fsp3) is 0.500. The molecule has 1 atom stereocenters. The van der Waals surface area contributed by atoms with Crippen LogP contribution in [0.2, 0.25) is 0 Å². The molecule has 17 heavy (non-hydrogen) atoms. The molecule has 1 rings (SSSR count). The molecule has 1 unspecified atom stereocenters. The fourth-order valence-electron chi connectivity index (χ4n) is 1.91. The summed E-state index contributed by atoms with van der Waals surface area (Å²) in [6.45, 7) is 4.03. The van der Waals surface area contributed by atoms with E-state index >= 15 is 0 Å². The number of unbranched alkanes of at least 4 members (excludes halogenated alkanes) is 1. The molecule has 0 aromatic heterocycles. The van der Waals surface area contributed by atoms with E-state index in [4.69, 9.17) is 16.3 Å². The van der Waals surface area contributed by atoms with Gasteiger partial charge in [0.2, 0.25) is 0 Å². The third-order valence-corrected chi connectivity index (χ3v) is 3.19. The maximum Gasteiger partial charge on any atom is 0.317 e. The molecule has 0 amide bonds. The monoisotopic (exact) mass is 254 g/mol. The van der Waals surface area contributed by atoms with E-state index in [1.807, 2.05) is 37.3 Å². The van der Waals surface area contributed by atoms with Crippen molar-refractivity contribution in [2.24, 2.45) is 0 Å². The maximum absolute atomic E-state index is 12.1. The van der Waals surface area contributed by atoms with E-state index in [2.05, 4.69) is 6.92 Å². The Hall–Kier alpha value is -1.02. The van der Waals surface area contributed by atoms with E-state index in [1.165, 1.54) is 0 Å². The van der Waals surface area contributed by atoms with Crippen molar-refractivity contribution in [3.63, 3.8) is 0 Å². The van der Waals surface area contributed by atoms with Gasteiger partial charge in [0.15, 0.2) is 6.07 Å². The van der Waals surface area contributed by atoms with Gasteiger partial charge in [0.1, 0.15) is 0 Å². The molecule has 2 nitrogen and oxygen atoms in total. The van der Waals surface area contributed by atoms with Gasteiger partial charge in [-0.05, 0) is 18.9 Å². The van der Waals surface area contributed by atoms with Crippen molar-refractivity contribution in [3.8, 4) is 0 Å². The average Bonchev–Trinajstić information content (AvgIpc) is 2.37. The first-order valence-electron chi connectivity index (χ1n) is 5.94. The predicted molar refractivity (Wildman–Crippen MR) is 70.1 cm³/mol. The Morgan fingerprint density at radius 3 is 2.53 bits per heavy atom. The normalized spacial score (nSPS) is 14.1. The molecule has 0 spiro atoms. The lowest BCUT2D eigenvalue weighted by Crippen LogP contribution is -2.34. The van der Waals surface area contributed by atoms with Crippen LogP contribution in [0.4, 0.5) is 0 Å². The highest BCUT2D eigenvalue weighted by molar-refractivity contribution is 6.17. The van der Waals surface area contributed by atoms with Crippen LogP contribution in [0, 0.1) is 0 Å². The number of hydrogen-bond donors (Lipinski definition) is 0. The molecule has 0 saturated carbocycles. The van der Waals surface area contributed by atoms with Gasteiger partial charge in [-0.3, -0.25) is 4.79 Å². The first-order valence-corrected chi connectivity index (χ1v) is 6.47. The number of alkyl halides is 1. The van der Waals surface area contributed by atoms with Crippen LogP contribution in [0.3, 0.4) is 0 Å². The SMILES string of the molecule is CCCCC(C)(C(=O)OCCl)c1ccccc1. The number of benzene rings is 1. The molecule has 0 aliphatic carbocycles. The Kier molecular flexibility index (Phi) is 5.49. The third kappa shape index (κ3) is 3.47. The zero-order valence-electron chi connectivity index (χ0n) is 10.4. The number of rotatable bonds is 6. The molecule has 0 heterocycles. The van der Waals surface area contributed by atoms with Crippen molar-refractivity contribution in [2.45, 2.75) is 38.5 Å². The summed E-state index contributed by atoms with van der Waals surface area (Å²) in [5, 5.41) is 0. The first kappa shape index (κ1) is 14.0. The molecule has 1 aromatic carbocycles. The van der Waals surface area contributed by atoms with Crippen LogP contribution in [0.1, 0.15) is 38.7 Å². The second-order valence-electron chi connectivity index (χ2n) is 4.34. The summed E-state index contributed by atoms with van der Waals surface area (Å²) in [7, 11) is 0. The van der Waals surface area contributed by atoms with Crippen LogP contribution in [0.5, 0.6) is 0 Å². The molecule has 0 bridgehead atoms. The molecule has 0 radical (unpaired) electrons. The van der Waals surface area contributed by atoms with Crippen LogP contribution in [-0.4, -0.2) is 12.0 Å². The number of halogens is 1. The summed E-state index contributed by atoms with van der Waals surface area (Å²) in [4.78, 5) is 12.1. The summed E-state index contributed by atoms with van der Waals surface area (Å²) in [5.41, 5.74) is 0.398. The Morgan fingerprint density at radius 1 is 1.35 bits per heavy atom. The Labute approximate surface area is 108 Å². The molecule has 0 saturated heterocycles. The topological polar surface area (TPSA) is 26.3 Å². The number of ether oxygens (including phenoxy) is 1. The van der Waals surface area contributed by atoms with Crippen molar-refractivity contribution >= 4 is 17.6 Å². The quantitative estimate of drug-likeness (QED) is 0.569. The number of carbonyl (C=O) groups excluding carboxylic acids is 1. The van der Waals surface area contributed by atoms with Crippen LogP contribution in [0.25, 0.3) is 0 Å².